The molecule has 0 aromatic heterocycles. The second-order valence-corrected chi connectivity index (χ2v) is 5.20. The molecule has 0 bridgehead atoms. The first-order chi connectivity index (χ1) is 9.40. The van der Waals surface area contributed by atoms with Gasteiger partial charge in [0.15, 0.2) is 17.5 Å². The summed E-state index contributed by atoms with van der Waals surface area (Å²) < 4.78 is 39.2. The van der Waals surface area contributed by atoms with Crippen molar-refractivity contribution in [2.45, 2.75) is 18.9 Å². The number of halogens is 3. The van der Waals surface area contributed by atoms with Crippen LogP contribution in [0.25, 0.3) is 0 Å². The largest absolute Gasteiger partial charge is 0.339 e. The van der Waals surface area contributed by atoms with E-state index < -0.39 is 23.4 Å². The summed E-state index contributed by atoms with van der Waals surface area (Å²) in [5.74, 6) is -4.73. The predicted molar refractivity (Wildman–Crippen MR) is 68.9 cm³/mol. The number of hydrogen-bond donors (Lipinski definition) is 0. The van der Waals surface area contributed by atoms with Gasteiger partial charge >= 0.3 is 0 Å². The smallest absolute Gasteiger partial charge is 0.254 e. The molecule has 1 fully saturated rings. The molecule has 6 heteroatoms. The van der Waals surface area contributed by atoms with Crippen LogP contribution in [0.2, 0.25) is 0 Å². The lowest BCUT2D eigenvalue weighted by molar-refractivity contribution is 0.0658. The maximum Gasteiger partial charge on any atom is 0.254 e. The van der Waals surface area contributed by atoms with Gasteiger partial charge in [-0.15, -0.1) is 0 Å². The fourth-order valence-electron chi connectivity index (χ4n) is 2.43. The highest BCUT2D eigenvalue weighted by Gasteiger charge is 2.26. The summed E-state index contributed by atoms with van der Waals surface area (Å²) in [6.45, 7) is 1.74. The van der Waals surface area contributed by atoms with Gasteiger partial charge in [0.25, 0.3) is 5.91 Å². The highest BCUT2D eigenvalue weighted by atomic mass is 19.2. The number of benzene rings is 1. The minimum absolute atomic E-state index is 0.0369. The number of amides is 1. The Morgan fingerprint density at radius 2 is 1.70 bits per heavy atom. The van der Waals surface area contributed by atoms with E-state index >= 15 is 0 Å². The Morgan fingerprint density at radius 1 is 1.20 bits per heavy atom. The van der Waals surface area contributed by atoms with Gasteiger partial charge in [-0.25, -0.2) is 13.2 Å². The number of likely N-dealkylation sites (tertiary alicyclic amines) is 1. The third-order valence-electron chi connectivity index (χ3n) is 3.79. The Kier molecular flexibility index (Phi) is 4.32. The molecule has 1 saturated heterocycles. The lowest BCUT2D eigenvalue weighted by Crippen LogP contribution is -2.44. The average molecular weight is 286 g/mol. The van der Waals surface area contributed by atoms with Gasteiger partial charge < -0.3 is 9.80 Å². The Hall–Kier alpha value is -1.56. The summed E-state index contributed by atoms with van der Waals surface area (Å²) in [6.07, 6.45) is 1.62. The van der Waals surface area contributed by atoms with Gasteiger partial charge in [-0.3, -0.25) is 4.79 Å². The second kappa shape index (κ2) is 5.83. The Balaban J connectivity index is 2.14. The van der Waals surface area contributed by atoms with E-state index in [4.69, 9.17) is 0 Å². The quantitative estimate of drug-likeness (QED) is 0.779. The highest BCUT2D eigenvalue weighted by Crippen LogP contribution is 2.19. The maximum absolute atomic E-state index is 13.2. The van der Waals surface area contributed by atoms with Crippen LogP contribution in [0, 0.1) is 17.5 Å². The number of hydrogen-bond acceptors (Lipinski definition) is 2. The van der Waals surface area contributed by atoms with Crippen molar-refractivity contribution in [3.05, 3.63) is 35.1 Å². The molecule has 0 saturated carbocycles. The van der Waals surface area contributed by atoms with Crippen molar-refractivity contribution in [3.63, 3.8) is 0 Å². The lowest BCUT2D eigenvalue weighted by atomic mass is 10.0. The summed E-state index contributed by atoms with van der Waals surface area (Å²) in [5.41, 5.74) is -0.164. The molecule has 1 aromatic carbocycles. The number of piperidine rings is 1. The van der Waals surface area contributed by atoms with Gasteiger partial charge in [-0.1, -0.05) is 0 Å². The van der Waals surface area contributed by atoms with Crippen molar-refractivity contribution in [1.82, 2.24) is 9.80 Å². The predicted octanol–water partition coefficient (Wildman–Crippen LogP) is 2.27. The minimum Gasteiger partial charge on any atom is -0.339 e. The summed E-state index contributed by atoms with van der Waals surface area (Å²) in [4.78, 5) is 15.8. The van der Waals surface area contributed by atoms with E-state index in [2.05, 4.69) is 4.90 Å². The molecule has 1 aromatic rings. The Bertz CT molecular complexity index is 490. The summed E-state index contributed by atoms with van der Waals surface area (Å²) >= 11 is 0. The normalized spacial score (nSPS) is 17.2. The fraction of sp³-hybridized carbons (Fsp3) is 0.500. The zero-order valence-electron chi connectivity index (χ0n) is 11.5. The highest BCUT2D eigenvalue weighted by molar-refractivity contribution is 5.94. The fourth-order valence-corrected chi connectivity index (χ4v) is 2.43. The first-order valence-corrected chi connectivity index (χ1v) is 6.50. The zero-order valence-corrected chi connectivity index (χ0v) is 11.5. The summed E-state index contributed by atoms with van der Waals surface area (Å²) in [5, 5.41) is 0. The number of carbonyl (C=O) groups is 1. The first-order valence-electron chi connectivity index (χ1n) is 6.50. The summed E-state index contributed by atoms with van der Waals surface area (Å²) in [6, 6.07) is 1.52. The molecule has 1 heterocycles. The molecule has 3 nitrogen and oxygen atoms in total. The summed E-state index contributed by atoms with van der Waals surface area (Å²) in [7, 11) is 3.61. The molecule has 1 aliphatic rings. The molecule has 110 valence electrons. The average Bonchev–Trinajstić information content (AvgIpc) is 2.43. The molecule has 20 heavy (non-hydrogen) atoms. The first kappa shape index (κ1) is 14.8. The molecule has 0 unspecified atom stereocenters. The van der Waals surface area contributed by atoms with Crippen molar-refractivity contribution in [3.8, 4) is 0 Å². The van der Waals surface area contributed by atoms with Gasteiger partial charge in [0.2, 0.25) is 0 Å². The van der Waals surface area contributed by atoms with E-state index in [9.17, 15) is 18.0 Å². The van der Waals surface area contributed by atoms with Crippen LogP contribution >= 0.6 is 0 Å². The van der Waals surface area contributed by atoms with Crippen LogP contribution in [0.15, 0.2) is 12.1 Å². The van der Waals surface area contributed by atoms with Gasteiger partial charge in [0.1, 0.15) is 0 Å². The van der Waals surface area contributed by atoms with E-state index in [1.807, 2.05) is 7.05 Å². The lowest BCUT2D eigenvalue weighted by Gasteiger charge is -2.35. The van der Waals surface area contributed by atoms with Crippen LogP contribution in [-0.4, -0.2) is 48.9 Å². The molecule has 0 N–H and O–H groups in total. The molecule has 1 aliphatic heterocycles. The SMILES string of the molecule is CN1CCC(N(C)C(=O)c2cc(F)c(F)c(F)c2)CC1. The molecular weight excluding hydrogens is 269 g/mol. The number of rotatable bonds is 2. The van der Waals surface area contributed by atoms with Gasteiger partial charge in [0, 0.05) is 18.7 Å². The van der Waals surface area contributed by atoms with Crippen LogP contribution in [0.3, 0.4) is 0 Å². The molecule has 2 rings (SSSR count). The van der Waals surface area contributed by atoms with E-state index in [1.165, 1.54) is 4.90 Å². The van der Waals surface area contributed by atoms with Gasteiger partial charge in [-0.05, 0) is 45.1 Å². The molecule has 0 atom stereocenters. The van der Waals surface area contributed by atoms with Crippen molar-refractivity contribution in [2.24, 2.45) is 0 Å². The van der Waals surface area contributed by atoms with Crippen LogP contribution < -0.4 is 0 Å². The Labute approximate surface area is 116 Å². The van der Waals surface area contributed by atoms with Crippen LogP contribution in [-0.2, 0) is 0 Å². The van der Waals surface area contributed by atoms with E-state index in [0.717, 1.165) is 38.1 Å². The number of carbonyl (C=O) groups excluding carboxylic acids is 1. The third kappa shape index (κ3) is 2.95. The molecular formula is C14H17F3N2O. The van der Waals surface area contributed by atoms with Crippen molar-refractivity contribution in [2.75, 3.05) is 27.2 Å². The van der Waals surface area contributed by atoms with Crippen LogP contribution in [0.5, 0.6) is 0 Å². The monoisotopic (exact) mass is 286 g/mol. The molecule has 0 radical (unpaired) electrons. The van der Waals surface area contributed by atoms with Gasteiger partial charge in [-0.2, -0.15) is 0 Å². The van der Waals surface area contributed by atoms with Crippen molar-refractivity contribution in [1.29, 1.82) is 0 Å². The topological polar surface area (TPSA) is 23.6 Å². The molecule has 1 amide bonds. The van der Waals surface area contributed by atoms with Crippen molar-refractivity contribution >= 4 is 5.91 Å². The zero-order chi connectivity index (χ0) is 14.9. The van der Waals surface area contributed by atoms with E-state index in [1.54, 1.807) is 7.05 Å². The second-order valence-electron chi connectivity index (χ2n) is 5.20. The third-order valence-corrected chi connectivity index (χ3v) is 3.79. The van der Waals surface area contributed by atoms with Crippen molar-refractivity contribution < 1.29 is 18.0 Å². The molecule has 0 aliphatic carbocycles. The van der Waals surface area contributed by atoms with Gasteiger partial charge in [0.05, 0.1) is 0 Å². The van der Waals surface area contributed by atoms with E-state index in [0.29, 0.717) is 0 Å². The minimum atomic E-state index is -1.55. The van der Waals surface area contributed by atoms with Crippen LogP contribution in [0.4, 0.5) is 13.2 Å². The maximum atomic E-state index is 13.2. The standard InChI is InChI=1S/C14H17F3N2O/c1-18-5-3-10(4-6-18)19(2)14(20)9-7-11(15)13(17)12(16)8-9/h7-8,10H,3-6H2,1-2H3. The number of nitrogens with zero attached hydrogens (tertiary/aromatic N) is 2. The van der Waals surface area contributed by atoms with E-state index in [-0.39, 0.29) is 11.6 Å². The van der Waals surface area contributed by atoms with Crippen LogP contribution in [0.1, 0.15) is 23.2 Å². The molecule has 0 spiro atoms. The Morgan fingerprint density at radius 3 is 2.20 bits per heavy atom.